The number of H-pyrrole nitrogens is 1. The van der Waals surface area contributed by atoms with E-state index < -0.39 is 47.6 Å². The Bertz CT molecular complexity index is 2450. The van der Waals surface area contributed by atoms with Gasteiger partial charge >= 0.3 is 0 Å². The molecule has 3 fully saturated rings. The monoisotopic (exact) mass is 787 g/mol. The maximum Gasteiger partial charge on any atom is 0.264 e. The minimum Gasteiger partial charge on any atom is -0.371 e. The van der Waals surface area contributed by atoms with Crippen LogP contribution in [0.1, 0.15) is 94.2 Å². The van der Waals surface area contributed by atoms with Gasteiger partial charge in [0, 0.05) is 66.3 Å². The number of halogens is 1. The zero-order chi connectivity index (χ0) is 40.1. The van der Waals surface area contributed by atoms with Gasteiger partial charge in [-0.1, -0.05) is 12.1 Å². The van der Waals surface area contributed by atoms with Crippen LogP contribution in [-0.2, 0) is 16.1 Å². The standard InChI is InChI=1S/C43H46FN9O5/c1-50-15-4-8-34(50)33-20-27-22-45-37(21-32(27)47-33)48-40(55)29-10-9-26(19-31(29)44)28-23-46-52(24-28)16-3-5-25-13-17-51(18-14-25)35-7-2-6-30-39(35)43(58)53(42(30)57)36-11-12-38(54)49-41(36)56/h2,6-7,9-10,19-25,34,36-37,45,47H,3-5,8,11-18H2,1H3,(H,48,55)(H,49,54,56)/t34-,36?,37?/m1/s1. The number of nitrogens with zero attached hydrogens (tertiary/aromatic N) is 5. The molecule has 3 saturated heterocycles. The van der Waals surface area contributed by atoms with E-state index in [0.717, 1.165) is 78.5 Å². The van der Waals surface area contributed by atoms with Crippen molar-refractivity contribution in [3.05, 3.63) is 93.6 Å². The zero-order valence-corrected chi connectivity index (χ0v) is 32.3. The average Bonchev–Trinajstić information content (AvgIpc) is 4.02. The van der Waals surface area contributed by atoms with E-state index in [2.05, 4.69) is 48.9 Å². The van der Waals surface area contributed by atoms with E-state index in [1.807, 2.05) is 29.2 Å². The van der Waals surface area contributed by atoms with Gasteiger partial charge in [0.15, 0.2) is 0 Å². The van der Waals surface area contributed by atoms with Crippen molar-refractivity contribution in [2.45, 2.75) is 76.2 Å². The van der Waals surface area contributed by atoms with Gasteiger partial charge < -0.3 is 20.5 Å². The second-order valence-corrected chi connectivity index (χ2v) is 16.1. The third-order valence-corrected chi connectivity index (χ3v) is 12.4. The lowest BCUT2D eigenvalue weighted by molar-refractivity contribution is -0.136. The summed E-state index contributed by atoms with van der Waals surface area (Å²) in [4.78, 5) is 73.2. The number of nitrogens with one attached hydrogen (secondary N) is 4. The summed E-state index contributed by atoms with van der Waals surface area (Å²) in [5.74, 6) is -2.64. The second kappa shape index (κ2) is 15.3. The van der Waals surface area contributed by atoms with Gasteiger partial charge in [-0.05, 0) is 106 Å². The van der Waals surface area contributed by atoms with E-state index in [9.17, 15) is 24.0 Å². The van der Waals surface area contributed by atoms with Crippen LogP contribution in [0.3, 0.4) is 0 Å². The molecule has 2 aromatic heterocycles. The van der Waals surface area contributed by atoms with E-state index in [4.69, 9.17) is 0 Å². The van der Waals surface area contributed by atoms with Crippen molar-refractivity contribution in [1.82, 2.24) is 40.5 Å². The molecule has 15 heteroatoms. The molecule has 300 valence electrons. The summed E-state index contributed by atoms with van der Waals surface area (Å²) >= 11 is 0. The fraction of sp³-hybridized carbons (Fsp3) is 0.395. The summed E-state index contributed by atoms with van der Waals surface area (Å²) in [6.45, 7) is 3.23. The summed E-state index contributed by atoms with van der Waals surface area (Å²) in [5, 5.41) is 14.8. The van der Waals surface area contributed by atoms with Gasteiger partial charge in [0.2, 0.25) is 11.8 Å². The Morgan fingerprint density at radius 1 is 0.966 bits per heavy atom. The molecule has 0 saturated carbocycles. The molecule has 4 aromatic rings. The van der Waals surface area contributed by atoms with Crippen LogP contribution in [0.2, 0.25) is 0 Å². The molecule has 0 aliphatic carbocycles. The number of carbonyl (C=O) groups excluding carboxylic acids is 5. The van der Waals surface area contributed by atoms with Gasteiger partial charge in [0.25, 0.3) is 17.7 Å². The number of rotatable bonds is 10. The number of piperidine rings is 2. The van der Waals surface area contributed by atoms with Crippen LogP contribution in [0.4, 0.5) is 10.1 Å². The number of amides is 5. The highest BCUT2D eigenvalue weighted by molar-refractivity contribution is 6.25. The minimum absolute atomic E-state index is 0.0334. The number of fused-ring (bicyclic) bond motifs is 2. The van der Waals surface area contributed by atoms with Crippen molar-refractivity contribution in [3.63, 3.8) is 0 Å². The Hall–Kier alpha value is -6.09. The smallest absolute Gasteiger partial charge is 0.264 e. The van der Waals surface area contributed by atoms with Gasteiger partial charge in [0.1, 0.15) is 18.0 Å². The van der Waals surface area contributed by atoms with E-state index in [0.29, 0.717) is 40.9 Å². The SMILES string of the molecule is CN1CCC[C@@H]1c1cc2c([nH]1)=CC(NC(=O)c1ccc(-c3cnn(CCCC4CCN(c5cccc6c5C(=O)N(C5CCC(=O)NC5=O)C6=O)CC4)c3)cc1F)NC=2. The fourth-order valence-corrected chi connectivity index (χ4v) is 9.22. The molecule has 4 N–H and O–H groups in total. The normalized spacial score (nSPS) is 22.3. The predicted molar refractivity (Wildman–Crippen MR) is 213 cm³/mol. The molecule has 5 amide bonds. The molecule has 14 nitrogen and oxygen atoms in total. The maximum atomic E-state index is 15.4. The number of aryl methyl sites for hydroxylation is 1. The lowest BCUT2D eigenvalue weighted by Gasteiger charge is -2.34. The predicted octanol–water partition coefficient (Wildman–Crippen LogP) is 2.76. The number of benzene rings is 2. The summed E-state index contributed by atoms with van der Waals surface area (Å²) in [6.07, 6.45) is 13.1. The van der Waals surface area contributed by atoms with Crippen molar-refractivity contribution in [1.29, 1.82) is 0 Å². The Morgan fingerprint density at radius 3 is 2.59 bits per heavy atom. The first-order valence-electron chi connectivity index (χ1n) is 20.2. The number of imide groups is 2. The Labute approximate surface area is 334 Å². The average molecular weight is 788 g/mol. The van der Waals surface area contributed by atoms with Crippen LogP contribution < -0.4 is 31.4 Å². The maximum absolute atomic E-state index is 15.4. The highest BCUT2D eigenvalue weighted by Crippen LogP contribution is 2.36. The Balaban J connectivity index is 0.760. The Morgan fingerprint density at radius 2 is 1.81 bits per heavy atom. The molecule has 58 heavy (non-hydrogen) atoms. The molecule has 5 aliphatic heterocycles. The number of aromatic nitrogens is 3. The number of aromatic amines is 1. The number of hydrogen-bond donors (Lipinski definition) is 4. The first kappa shape index (κ1) is 37.5. The first-order chi connectivity index (χ1) is 28.1. The van der Waals surface area contributed by atoms with E-state index in [1.165, 1.54) is 18.6 Å². The molecule has 2 aromatic carbocycles. The highest BCUT2D eigenvalue weighted by atomic mass is 19.1. The topological polar surface area (TPSA) is 165 Å². The highest BCUT2D eigenvalue weighted by Gasteiger charge is 2.46. The molecule has 5 aliphatic rings. The molecule has 2 unspecified atom stereocenters. The molecular weight excluding hydrogens is 742 g/mol. The van der Waals surface area contributed by atoms with Gasteiger partial charge in [0.05, 0.1) is 28.6 Å². The number of carbonyl (C=O) groups is 5. The van der Waals surface area contributed by atoms with Crippen molar-refractivity contribution in [2.75, 3.05) is 31.6 Å². The molecule has 0 bridgehead atoms. The number of likely N-dealkylation sites (tertiary alicyclic amines) is 1. The molecule has 7 heterocycles. The summed E-state index contributed by atoms with van der Waals surface area (Å²) in [6, 6.07) is 11.4. The minimum atomic E-state index is -0.996. The van der Waals surface area contributed by atoms with Crippen molar-refractivity contribution < 1.29 is 28.4 Å². The van der Waals surface area contributed by atoms with Gasteiger partial charge in [-0.15, -0.1) is 0 Å². The largest absolute Gasteiger partial charge is 0.371 e. The Kier molecular flexibility index (Phi) is 9.92. The summed E-state index contributed by atoms with van der Waals surface area (Å²) in [7, 11) is 2.13. The van der Waals surface area contributed by atoms with Crippen LogP contribution in [0.5, 0.6) is 0 Å². The van der Waals surface area contributed by atoms with Gasteiger partial charge in [-0.3, -0.25) is 43.8 Å². The quantitative estimate of drug-likeness (QED) is 0.177. The van der Waals surface area contributed by atoms with E-state index >= 15 is 4.39 Å². The number of hydrogen-bond acceptors (Lipinski definition) is 9. The molecular formula is C43H46FN9O5. The van der Waals surface area contributed by atoms with E-state index in [1.54, 1.807) is 24.4 Å². The zero-order valence-electron chi connectivity index (χ0n) is 32.3. The van der Waals surface area contributed by atoms with Gasteiger partial charge in [-0.25, -0.2) is 4.39 Å². The second-order valence-electron chi connectivity index (χ2n) is 16.1. The number of anilines is 1. The van der Waals surface area contributed by atoms with Gasteiger partial charge in [-0.2, -0.15) is 5.10 Å². The fourth-order valence-electron chi connectivity index (χ4n) is 9.22. The van der Waals surface area contributed by atoms with Crippen molar-refractivity contribution >= 4 is 47.5 Å². The summed E-state index contributed by atoms with van der Waals surface area (Å²) < 4.78 is 17.2. The molecule has 0 spiro atoms. The lowest BCUT2D eigenvalue weighted by Crippen LogP contribution is -2.54. The van der Waals surface area contributed by atoms with Crippen molar-refractivity contribution in [3.8, 4) is 11.1 Å². The molecule has 0 radical (unpaired) electrons. The third-order valence-electron chi connectivity index (χ3n) is 12.4. The molecule has 9 rings (SSSR count). The van der Waals surface area contributed by atoms with Crippen LogP contribution in [0, 0.1) is 11.7 Å². The summed E-state index contributed by atoms with van der Waals surface area (Å²) in [5.41, 5.74) is 3.84. The van der Waals surface area contributed by atoms with Crippen LogP contribution in [-0.4, -0.2) is 93.0 Å². The van der Waals surface area contributed by atoms with Crippen molar-refractivity contribution in [2.24, 2.45) is 5.92 Å². The first-order valence-corrected chi connectivity index (χ1v) is 20.2. The van der Waals surface area contributed by atoms with Crippen LogP contribution >= 0.6 is 0 Å². The van der Waals surface area contributed by atoms with Crippen LogP contribution in [0.25, 0.3) is 23.4 Å². The van der Waals surface area contributed by atoms with E-state index in [-0.39, 0.29) is 18.4 Å². The third kappa shape index (κ3) is 7.07. The van der Waals surface area contributed by atoms with Crippen LogP contribution in [0.15, 0.2) is 54.9 Å². The molecule has 3 atom stereocenters. The lowest BCUT2D eigenvalue weighted by atomic mass is 9.91.